The second kappa shape index (κ2) is 7.11. The van der Waals surface area contributed by atoms with E-state index >= 15 is 0 Å². The molecule has 0 saturated carbocycles. The van der Waals surface area contributed by atoms with Crippen LogP contribution in [0.4, 0.5) is 0 Å². The maximum Gasteiger partial charge on any atom is 0.306 e. The first kappa shape index (κ1) is 19.7. The fourth-order valence-electron chi connectivity index (χ4n) is 1.12. The molecule has 0 bridgehead atoms. The van der Waals surface area contributed by atoms with Gasteiger partial charge in [-0.2, -0.15) is 0 Å². The molecule has 1 unspecified atom stereocenters. The molecule has 1 fully saturated rings. The molecule has 1 heterocycles. The summed E-state index contributed by atoms with van der Waals surface area (Å²) in [6.45, 7) is 9.69. The van der Waals surface area contributed by atoms with Crippen LogP contribution in [0.3, 0.4) is 0 Å². The zero-order valence-corrected chi connectivity index (χ0v) is 14.5. The van der Waals surface area contributed by atoms with Gasteiger partial charge in [0.2, 0.25) is 0 Å². The van der Waals surface area contributed by atoms with Crippen molar-refractivity contribution in [3.05, 3.63) is 0 Å². The lowest BCUT2D eigenvalue weighted by Gasteiger charge is -2.44. The summed E-state index contributed by atoms with van der Waals surface area (Å²) in [5, 5.41) is 16.2. The van der Waals surface area contributed by atoms with Gasteiger partial charge in [0.1, 0.15) is 6.10 Å². The zero-order chi connectivity index (χ0) is 16.2. The molecule has 0 spiro atoms. The van der Waals surface area contributed by atoms with Crippen molar-refractivity contribution >= 4 is 16.3 Å². The Balaban J connectivity index is 0.000000621. The van der Waals surface area contributed by atoms with E-state index in [0.29, 0.717) is 13.0 Å². The predicted octanol–water partition coefficient (Wildman–Crippen LogP) is 2.19. The second-order valence-electron chi connectivity index (χ2n) is 6.78. The van der Waals surface area contributed by atoms with Gasteiger partial charge in [0.05, 0.1) is 6.61 Å². The van der Waals surface area contributed by atoms with Crippen molar-refractivity contribution in [2.45, 2.75) is 64.1 Å². The summed E-state index contributed by atoms with van der Waals surface area (Å²) >= 11 is 0. The molecule has 0 aromatic carbocycles. The van der Waals surface area contributed by atoms with Crippen LogP contribution in [0.15, 0.2) is 0 Å². The van der Waals surface area contributed by atoms with E-state index in [1.54, 1.807) is 0 Å². The molecule has 1 rings (SSSR count). The molecule has 0 aromatic heterocycles. The van der Waals surface area contributed by atoms with Gasteiger partial charge in [0.15, 0.2) is 5.79 Å². The Morgan fingerprint density at radius 1 is 1.25 bits per heavy atom. The molecule has 6 heteroatoms. The Kier molecular flexibility index (Phi) is 7.01. The molecule has 0 amide bonds. The van der Waals surface area contributed by atoms with Crippen LogP contribution in [0, 0.1) is 0 Å². The van der Waals surface area contributed by atoms with Crippen molar-refractivity contribution in [1.29, 1.82) is 0 Å². The van der Waals surface area contributed by atoms with Crippen LogP contribution in [-0.4, -0.2) is 51.9 Å². The number of hydrogen-bond donors (Lipinski definition) is 2. The predicted molar refractivity (Wildman–Crippen MR) is 82.8 cm³/mol. The number of rotatable bonds is 3. The number of cyclic esters (lactones) is 1. The molecule has 1 aliphatic heterocycles. The third-order valence-corrected chi connectivity index (χ3v) is 6.67. The first-order valence-electron chi connectivity index (χ1n) is 6.74. The summed E-state index contributed by atoms with van der Waals surface area (Å²) < 4.78 is 11.2. The minimum atomic E-state index is -1.50. The van der Waals surface area contributed by atoms with Gasteiger partial charge in [-0.3, -0.25) is 4.79 Å². The molecule has 122 valence electrons. The third-order valence-electron chi connectivity index (χ3n) is 2.99. The van der Waals surface area contributed by atoms with Crippen LogP contribution < -0.4 is 0 Å². The van der Waals surface area contributed by atoms with Crippen molar-refractivity contribution in [1.82, 2.24) is 0 Å². The number of carbonyl (C=O) groups is 1. The minimum Gasteiger partial charge on any atom is -0.460 e. The van der Waals surface area contributed by atoms with Gasteiger partial charge < -0.3 is 19.1 Å². The molecule has 1 atom stereocenters. The highest BCUT2D eigenvalue weighted by Crippen LogP contribution is 2.53. The topological polar surface area (TPSA) is 76.0 Å². The molecule has 0 radical (unpaired) electrons. The number of carbonyl (C=O) groups excluding carboxylic acids is 1. The van der Waals surface area contributed by atoms with Gasteiger partial charge in [-0.25, -0.2) is 0 Å². The van der Waals surface area contributed by atoms with Crippen molar-refractivity contribution in [3.63, 3.8) is 0 Å². The lowest BCUT2D eigenvalue weighted by atomic mass is 10.2. The largest absolute Gasteiger partial charge is 0.460 e. The lowest BCUT2D eigenvalue weighted by molar-refractivity contribution is -0.142. The number of aliphatic hydroxyl groups is 2. The molecule has 0 aromatic rings. The van der Waals surface area contributed by atoms with Gasteiger partial charge >= 0.3 is 5.97 Å². The van der Waals surface area contributed by atoms with Gasteiger partial charge in [-0.15, -0.1) is 10.3 Å². The fraction of sp³-hybridized carbons (Fsp3) is 0.929. The number of ether oxygens (including phenoxy) is 1. The molecule has 1 saturated heterocycles. The number of esters is 1. The summed E-state index contributed by atoms with van der Waals surface area (Å²) in [4.78, 5) is 10.9. The minimum absolute atomic E-state index is 0.0216. The molecule has 5 nitrogen and oxygen atoms in total. The quantitative estimate of drug-likeness (QED) is 0.617. The average molecular weight is 310 g/mol. The summed E-state index contributed by atoms with van der Waals surface area (Å²) in [6, 6.07) is 0. The van der Waals surface area contributed by atoms with Gasteiger partial charge in [0, 0.05) is 11.2 Å². The SMILES string of the molecule is CC(C)(C)S(C)(C)OCC1CCC(=O)O1.CC(C)(O)O. The van der Waals surface area contributed by atoms with E-state index in [4.69, 9.17) is 19.1 Å². The zero-order valence-electron chi connectivity index (χ0n) is 13.7. The number of hydrogen-bond acceptors (Lipinski definition) is 5. The van der Waals surface area contributed by atoms with Crippen LogP contribution in [-0.2, 0) is 13.7 Å². The summed E-state index contributed by atoms with van der Waals surface area (Å²) in [6.07, 6.45) is 5.64. The van der Waals surface area contributed by atoms with Crippen LogP contribution in [0.1, 0.15) is 47.5 Å². The monoisotopic (exact) mass is 310 g/mol. The van der Waals surface area contributed by atoms with Crippen molar-refractivity contribution in [3.8, 4) is 0 Å². The van der Waals surface area contributed by atoms with E-state index in [-0.39, 0.29) is 16.8 Å². The standard InChI is InChI=1S/C11H22O3S.C3H8O2/c1-11(2,3)15(4,5)13-8-9-6-7-10(12)14-9;1-3(2,4)5/h9H,6-8H2,1-5H3;4-5H,1-2H3. The third kappa shape index (κ3) is 8.79. The van der Waals surface area contributed by atoms with Crippen molar-refractivity contribution in [2.24, 2.45) is 0 Å². The summed E-state index contributed by atoms with van der Waals surface area (Å²) in [7, 11) is -1.09. The average Bonchev–Trinajstić information content (AvgIpc) is 2.57. The van der Waals surface area contributed by atoms with E-state index in [1.165, 1.54) is 13.8 Å². The van der Waals surface area contributed by atoms with E-state index in [0.717, 1.165) is 6.42 Å². The maximum absolute atomic E-state index is 10.9. The van der Waals surface area contributed by atoms with Crippen molar-refractivity contribution in [2.75, 3.05) is 19.1 Å². The molecular weight excluding hydrogens is 280 g/mol. The Morgan fingerprint density at radius 3 is 2.00 bits per heavy atom. The van der Waals surface area contributed by atoms with Crippen LogP contribution in [0.25, 0.3) is 0 Å². The lowest BCUT2D eigenvalue weighted by Crippen LogP contribution is -2.28. The Bertz CT molecular complexity index is 309. The summed E-state index contributed by atoms with van der Waals surface area (Å²) in [5.74, 6) is -1.59. The highest BCUT2D eigenvalue weighted by atomic mass is 32.3. The molecular formula is C14H30O5S. The summed E-state index contributed by atoms with van der Waals surface area (Å²) in [5.41, 5.74) is 0. The molecule has 20 heavy (non-hydrogen) atoms. The second-order valence-corrected chi connectivity index (χ2v) is 10.7. The van der Waals surface area contributed by atoms with E-state index in [9.17, 15) is 4.79 Å². The molecule has 2 N–H and O–H groups in total. The highest BCUT2D eigenvalue weighted by Gasteiger charge is 2.31. The Labute approximate surface area is 124 Å². The smallest absolute Gasteiger partial charge is 0.306 e. The van der Waals surface area contributed by atoms with Gasteiger partial charge in [-0.1, -0.05) is 20.8 Å². The molecule has 1 aliphatic rings. The van der Waals surface area contributed by atoms with Crippen molar-refractivity contribution < 1.29 is 23.9 Å². The van der Waals surface area contributed by atoms with Crippen LogP contribution in [0.5, 0.6) is 0 Å². The van der Waals surface area contributed by atoms with Gasteiger partial charge in [0.25, 0.3) is 0 Å². The van der Waals surface area contributed by atoms with E-state index in [1.807, 2.05) is 0 Å². The van der Waals surface area contributed by atoms with E-state index in [2.05, 4.69) is 33.3 Å². The maximum atomic E-state index is 10.9. The molecule has 0 aliphatic carbocycles. The first-order valence-corrected chi connectivity index (χ1v) is 9.11. The Hall–Kier alpha value is -0.300. The highest BCUT2D eigenvalue weighted by molar-refractivity contribution is 8.29. The van der Waals surface area contributed by atoms with E-state index < -0.39 is 16.1 Å². The van der Waals surface area contributed by atoms with Crippen LogP contribution >= 0.6 is 10.3 Å². The first-order chi connectivity index (χ1) is 8.72. The Morgan fingerprint density at radius 2 is 1.70 bits per heavy atom. The fourth-order valence-corrected chi connectivity index (χ4v) is 1.97. The normalized spacial score (nSPS) is 21.1. The van der Waals surface area contributed by atoms with Gasteiger partial charge in [-0.05, 0) is 32.8 Å². The van der Waals surface area contributed by atoms with Crippen LogP contribution in [0.2, 0.25) is 0 Å².